The van der Waals surface area contributed by atoms with Gasteiger partial charge in [0, 0.05) is 11.1 Å². The van der Waals surface area contributed by atoms with Gasteiger partial charge < -0.3 is 20.6 Å². The highest BCUT2D eigenvalue weighted by atomic mass is 16.4. The van der Waals surface area contributed by atoms with Crippen LogP contribution in [0.25, 0.3) is 0 Å². The van der Waals surface area contributed by atoms with E-state index in [1.54, 1.807) is 0 Å². The Bertz CT molecular complexity index is 349. The summed E-state index contributed by atoms with van der Waals surface area (Å²) in [4.78, 5) is 0. The minimum absolute atomic E-state index is 0.153. The molecule has 0 saturated carbocycles. The lowest BCUT2D eigenvalue weighted by molar-refractivity contribution is 0.321. The number of nitrogens with zero attached hydrogens (tertiary/aromatic N) is 2. The lowest BCUT2D eigenvalue weighted by atomic mass is 10.1. The van der Waals surface area contributed by atoms with E-state index in [2.05, 4.69) is 10.3 Å². The van der Waals surface area contributed by atoms with Gasteiger partial charge in [-0.3, -0.25) is 0 Å². The second-order valence-electron chi connectivity index (χ2n) is 2.46. The molecule has 0 aliphatic rings. The van der Waals surface area contributed by atoms with Crippen molar-refractivity contribution < 1.29 is 20.6 Å². The lowest BCUT2D eigenvalue weighted by Crippen LogP contribution is -1.88. The van der Waals surface area contributed by atoms with Crippen molar-refractivity contribution in [2.75, 3.05) is 0 Å². The highest BCUT2D eigenvalue weighted by Crippen LogP contribution is 2.24. The zero-order valence-corrected chi connectivity index (χ0v) is 6.99. The Hall–Kier alpha value is -2.24. The van der Waals surface area contributed by atoms with E-state index in [0.717, 1.165) is 12.4 Å². The number of rotatable bonds is 2. The Balaban J connectivity index is 3.23. The maximum Gasteiger partial charge on any atom is 0.125 e. The molecule has 1 rings (SSSR count). The van der Waals surface area contributed by atoms with E-state index >= 15 is 0 Å². The minimum atomic E-state index is -0.199. The van der Waals surface area contributed by atoms with Crippen molar-refractivity contribution in [1.29, 1.82) is 0 Å². The van der Waals surface area contributed by atoms with Gasteiger partial charge in [0.05, 0.1) is 12.4 Å². The van der Waals surface area contributed by atoms with Crippen LogP contribution in [0.1, 0.15) is 11.1 Å². The third-order valence-electron chi connectivity index (χ3n) is 1.57. The molecular formula is C8H8N2O4. The van der Waals surface area contributed by atoms with Crippen LogP contribution in [0.2, 0.25) is 0 Å². The van der Waals surface area contributed by atoms with Gasteiger partial charge in [-0.25, -0.2) is 0 Å². The Labute approximate surface area is 79.0 Å². The fraction of sp³-hybridized carbons (Fsp3) is 0. The number of phenols is 2. The maximum atomic E-state index is 9.32. The molecule has 0 spiro atoms. The monoisotopic (exact) mass is 196 g/mol. The van der Waals surface area contributed by atoms with Crippen molar-refractivity contribution in [3.8, 4) is 11.5 Å². The normalized spacial score (nSPS) is 11.4. The molecule has 0 saturated heterocycles. The molecule has 6 nitrogen and oxygen atoms in total. The smallest absolute Gasteiger partial charge is 0.125 e. The van der Waals surface area contributed by atoms with Crippen LogP contribution >= 0.6 is 0 Å². The standard InChI is InChI=1S/C8H8N2O4/c11-7-1-5(3-9-13)8(12)2-6(7)4-10-14/h1-4,11-14H/b9-3+,10-4+. The fourth-order valence-corrected chi connectivity index (χ4v) is 0.940. The van der Waals surface area contributed by atoms with Crippen LogP contribution in [0.4, 0.5) is 0 Å². The van der Waals surface area contributed by atoms with Crippen LogP contribution in [0, 0.1) is 0 Å². The molecule has 14 heavy (non-hydrogen) atoms. The minimum Gasteiger partial charge on any atom is -0.507 e. The van der Waals surface area contributed by atoms with Crippen molar-refractivity contribution in [2.24, 2.45) is 10.3 Å². The van der Waals surface area contributed by atoms with Crippen LogP contribution in [0.5, 0.6) is 11.5 Å². The molecular weight excluding hydrogens is 188 g/mol. The van der Waals surface area contributed by atoms with Gasteiger partial charge in [0.15, 0.2) is 0 Å². The van der Waals surface area contributed by atoms with Gasteiger partial charge in [0.25, 0.3) is 0 Å². The second kappa shape index (κ2) is 4.13. The van der Waals surface area contributed by atoms with E-state index in [0.29, 0.717) is 0 Å². The summed E-state index contributed by atoms with van der Waals surface area (Å²) >= 11 is 0. The van der Waals surface area contributed by atoms with E-state index in [-0.39, 0.29) is 22.6 Å². The Morgan fingerprint density at radius 3 is 1.50 bits per heavy atom. The average Bonchev–Trinajstić information content (AvgIpc) is 2.14. The average molecular weight is 196 g/mol. The van der Waals surface area contributed by atoms with Gasteiger partial charge in [-0.1, -0.05) is 10.3 Å². The number of hydrogen-bond acceptors (Lipinski definition) is 6. The first-order valence-corrected chi connectivity index (χ1v) is 3.60. The third kappa shape index (κ3) is 1.92. The predicted octanol–water partition coefficient (Wildman–Crippen LogP) is 0.714. The predicted molar refractivity (Wildman–Crippen MR) is 48.5 cm³/mol. The first-order chi connectivity index (χ1) is 6.69. The van der Waals surface area contributed by atoms with E-state index in [1.165, 1.54) is 12.1 Å². The van der Waals surface area contributed by atoms with E-state index < -0.39 is 0 Å². The summed E-state index contributed by atoms with van der Waals surface area (Å²) in [7, 11) is 0. The SMILES string of the molecule is O/N=C/c1cc(O)c(/C=N/O)cc1O. The topological polar surface area (TPSA) is 106 Å². The van der Waals surface area contributed by atoms with E-state index in [4.69, 9.17) is 10.4 Å². The van der Waals surface area contributed by atoms with Gasteiger partial charge in [0.1, 0.15) is 11.5 Å². The zero-order chi connectivity index (χ0) is 10.6. The molecule has 6 heteroatoms. The molecule has 0 heterocycles. The molecule has 0 atom stereocenters. The molecule has 0 aliphatic heterocycles. The van der Waals surface area contributed by atoms with E-state index in [1.807, 2.05) is 0 Å². The number of hydrogen-bond donors (Lipinski definition) is 4. The fourth-order valence-electron chi connectivity index (χ4n) is 0.940. The molecule has 1 aromatic carbocycles. The maximum absolute atomic E-state index is 9.32. The molecule has 4 N–H and O–H groups in total. The van der Waals surface area contributed by atoms with Crippen molar-refractivity contribution in [2.45, 2.75) is 0 Å². The van der Waals surface area contributed by atoms with Gasteiger partial charge >= 0.3 is 0 Å². The summed E-state index contributed by atoms with van der Waals surface area (Å²) in [5, 5.41) is 40.5. The van der Waals surface area contributed by atoms with Crippen LogP contribution in [0.15, 0.2) is 22.4 Å². The summed E-state index contributed by atoms with van der Waals surface area (Å²) in [5.41, 5.74) is 0.306. The highest BCUT2D eigenvalue weighted by molar-refractivity contribution is 5.89. The van der Waals surface area contributed by atoms with Crippen LogP contribution in [-0.4, -0.2) is 33.1 Å². The largest absolute Gasteiger partial charge is 0.507 e. The lowest BCUT2D eigenvalue weighted by Gasteiger charge is -2.02. The van der Waals surface area contributed by atoms with Gasteiger partial charge in [-0.2, -0.15) is 0 Å². The van der Waals surface area contributed by atoms with Crippen molar-refractivity contribution in [3.05, 3.63) is 23.3 Å². The Morgan fingerprint density at radius 1 is 0.857 bits per heavy atom. The summed E-state index contributed by atoms with van der Waals surface area (Å²) in [6.07, 6.45) is 1.93. The first-order valence-electron chi connectivity index (χ1n) is 3.60. The molecule has 0 aromatic heterocycles. The third-order valence-corrected chi connectivity index (χ3v) is 1.57. The first kappa shape index (κ1) is 9.85. The Morgan fingerprint density at radius 2 is 1.21 bits per heavy atom. The van der Waals surface area contributed by atoms with Crippen molar-refractivity contribution >= 4 is 12.4 Å². The molecule has 1 aromatic rings. The van der Waals surface area contributed by atoms with Crippen molar-refractivity contribution in [1.82, 2.24) is 0 Å². The van der Waals surface area contributed by atoms with Gasteiger partial charge in [-0.05, 0) is 12.1 Å². The molecule has 0 fully saturated rings. The molecule has 0 unspecified atom stereocenters. The summed E-state index contributed by atoms with van der Waals surface area (Å²) in [6, 6.07) is 2.35. The summed E-state index contributed by atoms with van der Waals surface area (Å²) < 4.78 is 0. The zero-order valence-electron chi connectivity index (χ0n) is 6.99. The second-order valence-corrected chi connectivity index (χ2v) is 2.46. The number of phenolic OH excluding ortho intramolecular Hbond substituents is 2. The Kier molecular flexibility index (Phi) is 2.90. The molecule has 0 radical (unpaired) electrons. The van der Waals surface area contributed by atoms with Gasteiger partial charge in [0.2, 0.25) is 0 Å². The number of benzene rings is 1. The molecule has 0 amide bonds. The summed E-state index contributed by atoms with van der Waals surface area (Å²) in [5.74, 6) is -0.397. The molecule has 0 bridgehead atoms. The molecule has 0 aliphatic carbocycles. The van der Waals surface area contributed by atoms with Crippen LogP contribution in [0.3, 0.4) is 0 Å². The van der Waals surface area contributed by atoms with E-state index in [9.17, 15) is 10.2 Å². The quantitative estimate of drug-likeness (QED) is 0.242. The van der Waals surface area contributed by atoms with Gasteiger partial charge in [-0.15, -0.1) is 0 Å². The summed E-state index contributed by atoms with van der Waals surface area (Å²) in [6.45, 7) is 0. The van der Waals surface area contributed by atoms with Crippen molar-refractivity contribution in [3.63, 3.8) is 0 Å². The van der Waals surface area contributed by atoms with Crippen LogP contribution < -0.4 is 0 Å². The number of aromatic hydroxyl groups is 2. The highest BCUT2D eigenvalue weighted by Gasteiger charge is 2.05. The van der Waals surface area contributed by atoms with Crippen LogP contribution in [-0.2, 0) is 0 Å². The molecule has 74 valence electrons. The number of oxime groups is 2.